The van der Waals surface area contributed by atoms with Crippen molar-refractivity contribution in [3.8, 4) is 0 Å². The topological polar surface area (TPSA) is 80.9 Å². The summed E-state index contributed by atoms with van der Waals surface area (Å²) in [7, 11) is -3.39. The molecule has 0 spiro atoms. The Balaban J connectivity index is 2.17. The van der Waals surface area contributed by atoms with E-state index in [1.54, 1.807) is 22.9 Å². The second-order valence-electron chi connectivity index (χ2n) is 11.9. The maximum atomic E-state index is 13.5. The van der Waals surface area contributed by atoms with E-state index < -0.39 is 40.0 Å². The second-order valence-corrected chi connectivity index (χ2v) is 22.3. The highest BCUT2D eigenvalue weighted by molar-refractivity contribution is 6.76. The lowest BCUT2D eigenvalue weighted by Gasteiger charge is -2.45. The molecule has 0 aromatic carbocycles. The lowest BCUT2D eigenvalue weighted by molar-refractivity contribution is -0.0399. The van der Waals surface area contributed by atoms with E-state index in [9.17, 15) is 15.0 Å². The van der Waals surface area contributed by atoms with Crippen LogP contribution in [0.1, 0.15) is 44.1 Å². The number of hydrogen-bond donors (Lipinski definition) is 2. The number of hydrogen-bond acceptors (Lipinski definition) is 5. The van der Waals surface area contributed by atoms with Gasteiger partial charge in [0.2, 0.25) is 5.78 Å². The molecule has 0 amide bonds. The van der Waals surface area contributed by atoms with E-state index in [4.69, 9.17) is 9.16 Å². The summed E-state index contributed by atoms with van der Waals surface area (Å²) in [5, 5.41) is 22.0. The van der Waals surface area contributed by atoms with Crippen molar-refractivity contribution in [2.75, 3.05) is 6.61 Å². The van der Waals surface area contributed by atoms with Crippen LogP contribution >= 0.6 is 0 Å². The van der Waals surface area contributed by atoms with Crippen LogP contribution in [0.4, 0.5) is 0 Å². The van der Waals surface area contributed by atoms with Crippen LogP contribution in [0.15, 0.2) is 30.5 Å². The molecule has 1 aliphatic carbocycles. The van der Waals surface area contributed by atoms with Crippen LogP contribution in [0, 0.1) is 0 Å². The molecule has 6 nitrogen and oxygen atoms in total. The Bertz CT molecular complexity index is 821. The molecule has 0 radical (unpaired) electrons. The zero-order valence-corrected chi connectivity index (χ0v) is 23.2. The van der Waals surface area contributed by atoms with Gasteiger partial charge < -0.3 is 23.9 Å². The van der Waals surface area contributed by atoms with Crippen LogP contribution in [-0.4, -0.2) is 61.4 Å². The standard InChI is InChI=1S/C24H43NO5Si2/c1-18-20(26)15-24(28,16-21(18)30-32(8,9)23(2,3)4)22(27)19-11-10-12-25(19)17-29-13-14-31(5,6)7/h10-12,20-21,26,28H,1,13-17H2,2-9H3/t20-,21-,24+/m1/s1. The van der Waals surface area contributed by atoms with E-state index >= 15 is 0 Å². The summed E-state index contributed by atoms with van der Waals surface area (Å²) < 4.78 is 14.0. The van der Waals surface area contributed by atoms with Crippen LogP contribution in [0.3, 0.4) is 0 Å². The van der Waals surface area contributed by atoms with Crippen LogP contribution < -0.4 is 0 Å². The third-order valence-corrected chi connectivity index (χ3v) is 13.0. The number of nitrogens with zero attached hydrogens (tertiary/aromatic N) is 1. The summed E-state index contributed by atoms with van der Waals surface area (Å²) in [5.74, 6) is -0.410. The van der Waals surface area contributed by atoms with Gasteiger partial charge in [0.25, 0.3) is 0 Å². The summed E-state index contributed by atoms with van der Waals surface area (Å²) in [4.78, 5) is 13.5. The summed E-state index contributed by atoms with van der Waals surface area (Å²) in [5.41, 5.74) is -0.800. The Kier molecular flexibility index (Phi) is 8.23. The Morgan fingerprint density at radius 1 is 1.25 bits per heavy atom. The minimum atomic E-state index is -2.19. The maximum Gasteiger partial charge on any atom is 0.210 e. The highest BCUT2D eigenvalue weighted by atomic mass is 28.4. The molecule has 0 saturated heterocycles. The van der Waals surface area contributed by atoms with E-state index in [2.05, 4.69) is 60.1 Å². The molecule has 32 heavy (non-hydrogen) atoms. The van der Waals surface area contributed by atoms with Crippen molar-refractivity contribution < 1.29 is 24.2 Å². The third-order valence-electron chi connectivity index (χ3n) is 6.85. The molecular formula is C24H43NO5Si2. The highest BCUT2D eigenvalue weighted by Gasteiger charge is 2.50. The van der Waals surface area contributed by atoms with Crippen molar-refractivity contribution in [3.05, 3.63) is 36.2 Å². The number of Topliss-reactive ketones (excluding diaryl/α,β-unsaturated/α-hetero) is 1. The van der Waals surface area contributed by atoms with Crippen LogP contribution in [0.5, 0.6) is 0 Å². The predicted octanol–water partition coefficient (Wildman–Crippen LogP) is 4.82. The van der Waals surface area contributed by atoms with Crippen LogP contribution in [-0.2, 0) is 15.9 Å². The summed E-state index contributed by atoms with van der Waals surface area (Å²) in [6, 6.07) is 4.52. The third kappa shape index (κ3) is 6.51. The molecule has 2 N–H and O–H groups in total. The molecule has 1 aromatic rings. The smallest absolute Gasteiger partial charge is 0.210 e. The predicted molar refractivity (Wildman–Crippen MR) is 134 cm³/mol. The van der Waals surface area contributed by atoms with Gasteiger partial charge >= 0.3 is 0 Å². The van der Waals surface area contributed by atoms with Crippen molar-refractivity contribution in [1.82, 2.24) is 4.57 Å². The Morgan fingerprint density at radius 3 is 2.44 bits per heavy atom. The van der Waals surface area contributed by atoms with Gasteiger partial charge in [-0.15, -0.1) is 0 Å². The van der Waals surface area contributed by atoms with E-state index in [0.29, 0.717) is 17.9 Å². The van der Waals surface area contributed by atoms with Gasteiger partial charge in [-0.3, -0.25) is 4.79 Å². The number of aliphatic hydroxyl groups is 2. The van der Waals surface area contributed by atoms with E-state index in [0.717, 1.165) is 6.04 Å². The molecule has 2 rings (SSSR count). The first kappa shape index (κ1) is 27.2. The Hall–Kier alpha value is -1.04. The minimum Gasteiger partial charge on any atom is -0.410 e. The van der Waals surface area contributed by atoms with Crippen LogP contribution in [0.25, 0.3) is 0 Å². The number of rotatable bonds is 9. The van der Waals surface area contributed by atoms with Crippen molar-refractivity contribution in [2.24, 2.45) is 0 Å². The number of ether oxygens (including phenoxy) is 1. The van der Waals surface area contributed by atoms with Gasteiger partial charge in [0.1, 0.15) is 12.3 Å². The fraction of sp³-hybridized carbons (Fsp3) is 0.708. The molecule has 0 unspecified atom stereocenters. The molecule has 0 aliphatic heterocycles. The quantitative estimate of drug-likeness (QED) is 0.229. The zero-order chi connectivity index (χ0) is 24.5. The first-order valence-electron chi connectivity index (χ1n) is 11.5. The number of aromatic nitrogens is 1. The molecular weight excluding hydrogens is 438 g/mol. The highest BCUT2D eigenvalue weighted by Crippen LogP contribution is 2.42. The van der Waals surface area contributed by atoms with E-state index in [1.807, 2.05) is 0 Å². The molecule has 1 fully saturated rings. The van der Waals surface area contributed by atoms with Gasteiger partial charge in [-0.05, 0) is 41.9 Å². The number of carbonyl (C=O) groups is 1. The summed E-state index contributed by atoms with van der Waals surface area (Å²) in [6.07, 6.45) is 0.237. The average molecular weight is 482 g/mol. The zero-order valence-electron chi connectivity index (χ0n) is 21.2. The lowest BCUT2D eigenvalue weighted by atomic mass is 9.76. The summed E-state index contributed by atoms with van der Waals surface area (Å²) >= 11 is 0. The molecule has 1 aromatic heterocycles. The molecule has 3 atom stereocenters. The van der Waals surface area contributed by atoms with Crippen molar-refractivity contribution in [3.63, 3.8) is 0 Å². The number of carbonyl (C=O) groups excluding carboxylic acids is 1. The molecule has 1 heterocycles. The van der Waals surface area contributed by atoms with Gasteiger partial charge in [-0.1, -0.05) is 47.0 Å². The fourth-order valence-corrected chi connectivity index (χ4v) is 5.59. The molecule has 182 valence electrons. The monoisotopic (exact) mass is 481 g/mol. The molecule has 0 bridgehead atoms. The Labute approximate surface area is 195 Å². The van der Waals surface area contributed by atoms with E-state index in [-0.39, 0.29) is 24.6 Å². The van der Waals surface area contributed by atoms with Gasteiger partial charge in [-0.2, -0.15) is 0 Å². The van der Waals surface area contributed by atoms with Crippen molar-refractivity contribution in [2.45, 2.75) is 102 Å². The normalized spacial score (nSPS) is 25.2. The van der Waals surface area contributed by atoms with Crippen molar-refractivity contribution in [1.29, 1.82) is 0 Å². The largest absolute Gasteiger partial charge is 0.410 e. The van der Waals surface area contributed by atoms with Gasteiger partial charge in [0, 0.05) is 33.7 Å². The minimum absolute atomic E-state index is 0.0419. The number of aliphatic hydroxyl groups excluding tert-OH is 1. The van der Waals surface area contributed by atoms with Crippen LogP contribution in [0.2, 0.25) is 43.8 Å². The van der Waals surface area contributed by atoms with Gasteiger partial charge in [-0.25, -0.2) is 0 Å². The van der Waals surface area contributed by atoms with Gasteiger partial charge in [0.05, 0.1) is 17.9 Å². The molecule has 1 saturated carbocycles. The first-order chi connectivity index (χ1) is 14.5. The Morgan fingerprint density at radius 2 is 1.88 bits per heavy atom. The van der Waals surface area contributed by atoms with Crippen molar-refractivity contribution >= 4 is 22.2 Å². The first-order valence-corrected chi connectivity index (χ1v) is 18.1. The van der Waals surface area contributed by atoms with Gasteiger partial charge in [0.15, 0.2) is 8.32 Å². The fourth-order valence-electron chi connectivity index (χ4n) is 3.53. The second kappa shape index (κ2) is 9.68. The molecule has 1 aliphatic rings. The average Bonchev–Trinajstić information content (AvgIpc) is 3.08. The lowest BCUT2D eigenvalue weighted by Crippen LogP contribution is -2.54. The maximum absolute atomic E-state index is 13.5. The SMILES string of the molecule is C=C1[C@H](O)C[C@@](O)(C(=O)c2cccn2COCC[Si](C)(C)C)C[C@H]1O[Si](C)(C)C(C)(C)C. The summed E-state index contributed by atoms with van der Waals surface area (Å²) in [6.45, 7) is 22.4. The molecule has 8 heteroatoms. The number of ketones is 1. The van der Waals surface area contributed by atoms with E-state index in [1.165, 1.54) is 0 Å².